The van der Waals surface area contributed by atoms with Crippen molar-refractivity contribution in [3.05, 3.63) is 36.5 Å². The fourth-order valence-corrected chi connectivity index (χ4v) is 2.76. The van der Waals surface area contributed by atoms with Crippen LogP contribution in [0.15, 0.2) is 30.7 Å². The molecule has 1 aliphatic rings. The molecule has 0 radical (unpaired) electrons. The van der Waals surface area contributed by atoms with Crippen LogP contribution in [0.3, 0.4) is 0 Å². The number of hydrogen-bond acceptors (Lipinski definition) is 7. The number of alkyl halides is 3. The number of halogens is 3. The third-order valence-electron chi connectivity index (χ3n) is 4.00. The van der Waals surface area contributed by atoms with Crippen molar-refractivity contribution in [2.24, 2.45) is 0 Å². The molecule has 0 bridgehead atoms. The molecule has 0 N–H and O–H groups in total. The molecule has 8 nitrogen and oxygen atoms in total. The molecule has 0 amide bonds. The largest absolute Gasteiger partial charge is 0.453 e. The van der Waals surface area contributed by atoms with Crippen molar-refractivity contribution >= 4 is 17.3 Å². The maximum atomic E-state index is 13.0. The van der Waals surface area contributed by atoms with E-state index in [1.165, 1.54) is 12.4 Å². The van der Waals surface area contributed by atoms with E-state index in [2.05, 4.69) is 30.2 Å². The molecule has 0 spiro atoms. The molecule has 11 heteroatoms. The van der Waals surface area contributed by atoms with E-state index < -0.39 is 12.0 Å². The van der Waals surface area contributed by atoms with Crippen LogP contribution in [-0.2, 0) is 6.18 Å². The fraction of sp³-hybridized carbons (Fsp3) is 0.357. The lowest BCUT2D eigenvalue weighted by Crippen LogP contribution is -2.47. The number of rotatable bonds is 2. The van der Waals surface area contributed by atoms with Gasteiger partial charge in [-0.05, 0) is 18.2 Å². The fourth-order valence-electron chi connectivity index (χ4n) is 2.76. The third-order valence-corrected chi connectivity index (χ3v) is 4.00. The molecule has 4 rings (SSSR count). The van der Waals surface area contributed by atoms with Crippen LogP contribution in [0, 0.1) is 0 Å². The molecule has 4 heterocycles. The summed E-state index contributed by atoms with van der Waals surface area (Å²) >= 11 is 0. The quantitative estimate of drug-likeness (QED) is 0.689. The highest BCUT2D eigenvalue weighted by molar-refractivity contribution is 5.48. The molecule has 1 aliphatic heterocycles. The first kappa shape index (κ1) is 15.5. The Bertz CT molecular complexity index is 871. The van der Waals surface area contributed by atoms with Crippen molar-refractivity contribution in [1.29, 1.82) is 0 Å². The summed E-state index contributed by atoms with van der Waals surface area (Å²) in [5.41, 5.74) is 0.0655. The first-order valence-corrected chi connectivity index (χ1v) is 7.58. The first-order chi connectivity index (χ1) is 12.0. The van der Waals surface area contributed by atoms with Crippen LogP contribution in [0.5, 0.6) is 0 Å². The third kappa shape index (κ3) is 2.92. The molecular weight excluding hydrogens is 337 g/mol. The average molecular weight is 350 g/mol. The summed E-state index contributed by atoms with van der Waals surface area (Å²) in [6.07, 6.45) is -1.44. The number of hydrogen-bond donors (Lipinski definition) is 0. The maximum absolute atomic E-state index is 13.0. The van der Waals surface area contributed by atoms with E-state index in [4.69, 9.17) is 0 Å². The lowest BCUT2D eigenvalue weighted by molar-refractivity contribution is -0.146. The van der Waals surface area contributed by atoms with Crippen molar-refractivity contribution in [2.45, 2.75) is 6.18 Å². The van der Waals surface area contributed by atoms with Gasteiger partial charge in [-0.25, -0.2) is 9.97 Å². The standard InChI is InChI=1S/C14H13F3N8/c15-14(16,17)13-21-20-11-1-2-12(22-25(11)13)24-7-5-23(6-8-24)10-3-4-18-9-19-10/h1-4,9H,5-8H2. The van der Waals surface area contributed by atoms with E-state index in [-0.39, 0.29) is 5.65 Å². The number of nitrogens with zero attached hydrogens (tertiary/aromatic N) is 8. The van der Waals surface area contributed by atoms with Gasteiger partial charge in [0.25, 0.3) is 5.82 Å². The molecule has 3 aromatic heterocycles. The van der Waals surface area contributed by atoms with Crippen LogP contribution >= 0.6 is 0 Å². The second-order valence-corrected chi connectivity index (χ2v) is 5.52. The van der Waals surface area contributed by atoms with Crippen LogP contribution < -0.4 is 9.80 Å². The van der Waals surface area contributed by atoms with Gasteiger partial charge < -0.3 is 9.80 Å². The van der Waals surface area contributed by atoms with E-state index >= 15 is 0 Å². The van der Waals surface area contributed by atoms with E-state index in [0.717, 1.165) is 10.3 Å². The van der Waals surface area contributed by atoms with Crippen LogP contribution in [0.4, 0.5) is 24.8 Å². The Labute approximate surface area is 139 Å². The van der Waals surface area contributed by atoms with Gasteiger partial charge in [-0.3, -0.25) is 0 Å². The minimum Gasteiger partial charge on any atom is -0.353 e. The number of anilines is 2. The Morgan fingerprint density at radius 1 is 0.880 bits per heavy atom. The van der Waals surface area contributed by atoms with Crippen LogP contribution in [0.2, 0.25) is 0 Å². The molecule has 0 saturated carbocycles. The average Bonchev–Trinajstić information content (AvgIpc) is 3.06. The van der Waals surface area contributed by atoms with Crippen LogP contribution in [0.1, 0.15) is 5.82 Å². The molecule has 0 unspecified atom stereocenters. The maximum Gasteiger partial charge on any atom is 0.453 e. The summed E-state index contributed by atoms with van der Waals surface area (Å²) < 4.78 is 39.6. The molecular formula is C14H13F3N8. The highest BCUT2D eigenvalue weighted by atomic mass is 19.4. The molecule has 0 aliphatic carbocycles. The molecule has 1 fully saturated rings. The molecule has 3 aromatic rings. The monoisotopic (exact) mass is 350 g/mol. The predicted octanol–water partition coefficient (Wildman–Crippen LogP) is 1.26. The number of aromatic nitrogens is 6. The molecule has 0 atom stereocenters. The topological polar surface area (TPSA) is 75.3 Å². The minimum atomic E-state index is -4.60. The Hall–Kier alpha value is -2.98. The lowest BCUT2D eigenvalue weighted by atomic mass is 10.3. The number of piperazine rings is 1. The SMILES string of the molecule is FC(F)(F)c1nnc2ccc(N3CCN(c4ccncn4)CC3)nn12. The van der Waals surface area contributed by atoms with E-state index in [1.54, 1.807) is 12.3 Å². The smallest absolute Gasteiger partial charge is 0.353 e. The summed E-state index contributed by atoms with van der Waals surface area (Å²) in [6.45, 7) is 2.61. The Kier molecular flexibility index (Phi) is 3.62. The van der Waals surface area contributed by atoms with Gasteiger partial charge in [0, 0.05) is 32.4 Å². The van der Waals surface area contributed by atoms with Crippen LogP contribution in [0.25, 0.3) is 5.65 Å². The second-order valence-electron chi connectivity index (χ2n) is 5.52. The predicted molar refractivity (Wildman–Crippen MR) is 82.2 cm³/mol. The summed E-state index contributed by atoms with van der Waals surface area (Å²) in [6, 6.07) is 4.97. The van der Waals surface area contributed by atoms with E-state index in [1.807, 2.05) is 11.0 Å². The van der Waals surface area contributed by atoms with Gasteiger partial charge in [-0.2, -0.15) is 17.7 Å². The highest BCUT2D eigenvalue weighted by Crippen LogP contribution is 2.28. The summed E-state index contributed by atoms with van der Waals surface area (Å²) in [5, 5.41) is 10.8. The van der Waals surface area contributed by atoms with Crippen molar-refractivity contribution < 1.29 is 13.2 Å². The molecule has 1 saturated heterocycles. The zero-order valence-electron chi connectivity index (χ0n) is 12.9. The molecule has 25 heavy (non-hydrogen) atoms. The van der Waals surface area contributed by atoms with Gasteiger partial charge in [0.2, 0.25) is 0 Å². The van der Waals surface area contributed by atoms with Crippen molar-refractivity contribution in [3.63, 3.8) is 0 Å². The first-order valence-electron chi connectivity index (χ1n) is 7.58. The Morgan fingerprint density at radius 2 is 1.60 bits per heavy atom. The summed E-state index contributed by atoms with van der Waals surface area (Å²) in [7, 11) is 0. The minimum absolute atomic E-state index is 0.0655. The second kappa shape index (κ2) is 5.83. The zero-order chi connectivity index (χ0) is 17.4. The summed E-state index contributed by atoms with van der Waals surface area (Å²) in [5.74, 6) is 0.167. The Balaban J connectivity index is 1.55. The number of fused-ring (bicyclic) bond motifs is 1. The van der Waals surface area contributed by atoms with Gasteiger partial charge in [0.05, 0.1) is 0 Å². The molecule has 130 valence electrons. The van der Waals surface area contributed by atoms with Crippen molar-refractivity contribution in [3.8, 4) is 0 Å². The normalized spacial score (nSPS) is 15.8. The lowest BCUT2D eigenvalue weighted by Gasteiger charge is -2.35. The van der Waals surface area contributed by atoms with E-state index in [0.29, 0.717) is 32.0 Å². The van der Waals surface area contributed by atoms with Gasteiger partial charge in [0.1, 0.15) is 18.0 Å². The van der Waals surface area contributed by atoms with Gasteiger partial charge >= 0.3 is 6.18 Å². The van der Waals surface area contributed by atoms with E-state index in [9.17, 15) is 13.2 Å². The van der Waals surface area contributed by atoms with Gasteiger partial charge in [0.15, 0.2) is 5.65 Å². The highest BCUT2D eigenvalue weighted by Gasteiger charge is 2.37. The zero-order valence-corrected chi connectivity index (χ0v) is 12.9. The van der Waals surface area contributed by atoms with Crippen molar-refractivity contribution in [1.82, 2.24) is 29.8 Å². The molecule has 0 aromatic carbocycles. The van der Waals surface area contributed by atoms with Crippen molar-refractivity contribution in [2.75, 3.05) is 36.0 Å². The summed E-state index contributed by atoms with van der Waals surface area (Å²) in [4.78, 5) is 12.1. The van der Waals surface area contributed by atoms with Gasteiger partial charge in [-0.1, -0.05) is 0 Å². The van der Waals surface area contributed by atoms with Crippen LogP contribution in [-0.4, -0.2) is 56.0 Å². The van der Waals surface area contributed by atoms with Gasteiger partial charge in [-0.15, -0.1) is 15.3 Å². The Morgan fingerprint density at radius 3 is 2.24 bits per heavy atom.